The Morgan fingerprint density at radius 2 is 2.04 bits per heavy atom. The number of anilines is 1. The lowest BCUT2D eigenvalue weighted by Crippen LogP contribution is -2.35. The second-order valence-electron chi connectivity index (χ2n) is 6.51. The predicted molar refractivity (Wildman–Crippen MR) is 102 cm³/mol. The maximum atomic E-state index is 12.9. The largest absolute Gasteiger partial charge is 0.492 e. The number of carbonyl (C=O) groups excluding carboxylic acids is 1. The zero-order valence-electron chi connectivity index (χ0n) is 15.3. The van der Waals surface area contributed by atoms with Crippen LogP contribution in [0.2, 0.25) is 0 Å². The summed E-state index contributed by atoms with van der Waals surface area (Å²) in [6.45, 7) is 4.13. The molecule has 1 amide bonds. The van der Waals surface area contributed by atoms with Crippen LogP contribution in [-0.2, 0) is 10.0 Å². The Balaban J connectivity index is 1.88. The van der Waals surface area contributed by atoms with Crippen LogP contribution in [0.15, 0.2) is 47.6 Å². The summed E-state index contributed by atoms with van der Waals surface area (Å²) in [5, 5.41) is 2.90. The molecule has 2 aromatic rings. The Kier molecular flexibility index (Phi) is 5.65. The molecule has 27 heavy (non-hydrogen) atoms. The number of aromatic nitrogens is 1. The lowest BCUT2D eigenvalue weighted by atomic mass is 10.1. The van der Waals surface area contributed by atoms with E-state index in [-0.39, 0.29) is 22.2 Å². The Bertz CT molecular complexity index is 926. The summed E-state index contributed by atoms with van der Waals surface area (Å²) < 4.78 is 33.8. The van der Waals surface area contributed by atoms with E-state index in [4.69, 9.17) is 4.74 Å². The number of carbonyl (C=O) groups is 1. The molecule has 1 aliphatic carbocycles. The van der Waals surface area contributed by atoms with Crippen molar-refractivity contribution in [1.82, 2.24) is 10.3 Å². The first kappa shape index (κ1) is 19.2. The fraction of sp³-hybridized carbons (Fsp3) is 0.368. The number of pyridine rings is 1. The van der Waals surface area contributed by atoms with Crippen molar-refractivity contribution in [2.45, 2.75) is 37.6 Å². The average molecular weight is 389 g/mol. The van der Waals surface area contributed by atoms with Crippen LogP contribution in [0.25, 0.3) is 0 Å². The molecule has 0 radical (unpaired) electrons. The summed E-state index contributed by atoms with van der Waals surface area (Å²) >= 11 is 0. The molecule has 1 atom stereocenters. The minimum absolute atomic E-state index is 0.0177. The maximum Gasteiger partial charge on any atom is 0.262 e. The van der Waals surface area contributed by atoms with Gasteiger partial charge in [0, 0.05) is 18.3 Å². The molecule has 1 fully saturated rings. The van der Waals surface area contributed by atoms with Crippen molar-refractivity contribution in [3.05, 3.63) is 48.3 Å². The smallest absolute Gasteiger partial charge is 0.262 e. The van der Waals surface area contributed by atoms with Gasteiger partial charge in [-0.3, -0.25) is 14.5 Å². The summed E-state index contributed by atoms with van der Waals surface area (Å²) in [6.07, 6.45) is 5.07. The van der Waals surface area contributed by atoms with Crippen molar-refractivity contribution >= 4 is 21.6 Å². The molecule has 7 nitrogen and oxygen atoms in total. The van der Waals surface area contributed by atoms with Gasteiger partial charge >= 0.3 is 0 Å². The molecule has 1 aromatic heterocycles. The molecule has 1 aromatic carbocycles. The summed E-state index contributed by atoms with van der Waals surface area (Å²) in [7, 11) is -4.00. The lowest BCUT2D eigenvalue weighted by molar-refractivity contribution is 0.0932. The number of hydrogen-bond donors (Lipinski definition) is 2. The molecule has 8 heteroatoms. The number of benzene rings is 1. The van der Waals surface area contributed by atoms with Crippen LogP contribution in [0.1, 0.15) is 37.0 Å². The number of nitrogens with one attached hydrogen (secondary N) is 2. The number of ether oxygens (including phenoxy) is 1. The van der Waals surface area contributed by atoms with Crippen molar-refractivity contribution in [3.63, 3.8) is 0 Å². The van der Waals surface area contributed by atoms with Gasteiger partial charge in [0.05, 0.1) is 18.4 Å². The van der Waals surface area contributed by atoms with Gasteiger partial charge in [-0.15, -0.1) is 0 Å². The molecule has 1 saturated carbocycles. The predicted octanol–water partition coefficient (Wildman–Crippen LogP) is 2.81. The van der Waals surface area contributed by atoms with E-state index in [1.165, 1.54) is 24.5 Å². The topological polar surface area (TPSA) is 97.4 Å². The van der Waals surface area contributed by atoms with Crippen LogP contribution in [0.3, 0.4) is 0 Å². The molecule has 1 unspecified atom stereocenters. The maximum absolute atomic E-state index is 12.9. The third kappa shape index (κ3) is 4.57. The van der Waals surface area contributed by atoms with Crippen molar-refractivity contribution in [1.29, 1.82) is 0 Å². The first-order valence-corrected chi connectivity index (χ1v) is 10.4. The van der Waals surface area contributed by atoms with E-state index in [0.29, 0.717) is 18.3 Å². The van der Waals surface area contributed by atoms with Gasteiger partial charge in [0.1, 0.15) is 16.3 Å². The SMILES string of the molecule is CCOc1ccncc1NS(=O)(=O)c1ccccc1C(=O)NC(C)C1CC1. The van der Waals surface area contributed by atoms with E-state index >= 15 is 0 Å². The van der Waals surface area contributed by atoms with Crippen LogP contribution >= 0.6 is 0 Å². The molecule has 3 rings (SSSR count). The molecule has 0 bridgehead atoms. The zero-order valence-corrected chi connectivity index (χ0v) is 16.1. The quantitative estimate of drug-likeness (QED) is 0.723. The first-order chi connectivity index (χ1) is 12.9. The van der Waals surface area contributed by atoms with Gasteiger partial charge in [-0.2, -0.15) is 0 Å². The standard InChI is InChI=1S/C19H23N3O4S/c1-3-26-17-10-11-20-12-16(17)22-27(24,25)18-7-5-4-6-15(18)19(23)21-13(2)14-8-9-14/h4-7,10-14,22H,3,8-9H2,1-2H3,(H,21,23). The third-order valence-corrected chi connectivity index (χ3v) is 5.86. The first-order valence-electron chi connectivity index (χ1n) is 8.92. The van der Waals surface area contributed by atoms with Crippen molar-refractivity contribution in [2.24, 2.45) is 5.92 Å². The van der Waals surface area contributed by atoms with Crippen LogP contribution in [0.5, 0.6) is 5.75 Å². The van der Waals surface area contributed by atoms with E-state index < -0.39 is 15.9 Å². The second-order valence-corrected chi connectivity index (χ2v) is 8.16. The number of nitrogens with zero attached hydrogens (tertiary/aromatic N) is 1. The average Bonchev–Trinajstić information content (AvgIpc) is 3.48. The summed E-state index contributed by atoms with van der Waals surface area (Å²) in [5.41, 5.74) is 0.334. The lowest BCUT2D eigenvalue weighted by Gasteiger charge is -2.16. The van der Waals surface area contributed by atoms with E-state index in [2.05, 4.69) is 15.0 Å². The van der Waals surface area contributed by atoms with Gasteiger partial charge < -0.3 is 10.1 Å². The molecule has 0 aliphatic heterocycles. The molecule has 1 aliphatic rings. The zero-order chi connectivity index (χ0) is 19.4. The fourth-order valence-electron chi connectivity index (χ4n) is 2.83. The highest BCUT2D eigenvalue weighted by atomic mass is 32.2. The van der Waals surface area contributed by atoms with Crippen LogP contribution in [-0.4, -0.2) is 32.0 Å². The third-order valence-electron chi connectivity index (χ3n) is 4.43. The van der Waals surface area contributed by atoms with Crippen molar-refractivity contribution < 1.29 is 17.9 Å². The highest BCUT2D eigenvalue weighted by molar-refractivity contribution is 7.92. The van der Waals surface area contributed by atoms with Gasteiger partial charge in [-0.25, -0.2) is 8.42 Å². The molecule has 2 N–H and O–H groups in total. The Hall–Kier alpha value is -2.61. The molecule has 0 saturated heterocycles. The molecule has 1 heterocycles. The Morgan fingerprint density at radius 3 is 2.74 bits per heavy atom. The molecule has 0 spiro atoms. The fourth-order valence-corrected chi connectivity index (χ4v) is 4.09. The Morgan fingerprint density at radius 1 is 1.30 bits per heavy atom. The monoisotopic (exact) mass is 389 g/mol. The summed E-state index contributed by atoms with van der Waals surface area (Å²) in [5.74, 6) is 0.451. The van der Waals surface area contributed by atoms with Gasteiger partial charge in [-0.05, 0) is 44.7 Å². The van der Waals surface area contributed by atoms with E-state index in [1.807, 2.05) is 6.92 Å². The molecular formula is C19H23N3O4S. The number of sulfonamides is 1. The number of hydrogen-bond acceptors (Lipinski definition) is 5. The molecular weight excluding hydrogens is 366 g/mol. The van der Waals surface area contributed by atoms with Crippen molar-refractivity contribution in [3.8, 4) is 5.75 Å². The van der Waals surface area contributed by atoms with Crippen LogP contribution < -0.4 is 14.8 Å². The highest BCUT2D eigenvalue weighted by Gasteiger charge is 2.30. The second kappa shape index (κ2) is 7.96. The number of rotatable bonds is 8. The molecule has 144 valence electrons. The highest BCUT2D eigenvalue weighted by Crippen LogP contribution is 2.32. The van der Waals surface area contributed by atoms with Crippen LogP contribution in [0.4, 0.5) is 5.69 Å². The van der Waals surface area contributed by atoms with Crippen molar-refractivity contribution in [2.75, 3.05) is 11.3 Å². The summed E-state index contributed by atoms with van der Waals surface area (Å²) in [6, 6.07) is 7.75. The minimum atomic E-state index is -4.00. The van der Waals surface area contributed by atoms with Gasteiger partial charge in [0.25, 0.3) is 15.9 Å². The van der Waals surface area contributed by atoms with Gasteiger partial charge in [0.2, 0.25) is 0 Å². The number of amides is 1. The van der Waals surface area contributed by atoms with E-state index in [0.717, 1.165) is 12.8 Å². The summed E-state index contributed by atoms with van der Waals surface area (Å²) in [4.78, 5) is 16.5. The van der Waals surface area contributed by atoms with Gasteiger partial charge in [-0.1, -0.05) is 12.1 Å². The minimum Gasteiger partial charge on any atom is -0.492 e. The van der Waals surface area contributed by atoms with Gasteiger partial charge in [0.15, 0.2) is 0 Å². The van der Waals surface area contributed by atoms with E-state index in [1.54, 1.807) is 25.1 Å². The Labute approximate surface area is 159 Å². The van der Waals surface area contributed by atoms with E-state index in [9.17, 15) is 13.2 Å². The van der Waals surface area contributed by atoms with Crippen LogP contribution in [0, 0.1) is 5.92 Å². The normalized spacial score (nSPS) is 15.0.